The lowest BCUT2D eigenvalue weighted by molar-refractivity contribution is -0.133. The molecule has 0 aromatic rings. The van der Waals surface area contributed by atoms with Crippen LogP contribution in [0.15, 0.2) is 0 Å². The van der Waals surface area contributed by atoms with Crippen LogP contribution >= 0.6 is 0 Å². The van der Waals surface area contributed by atoms with Crippen LogP contribution in [0.2, 0.25) is 0 Å². The molecule has 0 aromatic heterocycles. The number of nitrogens with zero attached hydrogens (tertiary/aromatic N) is 1. The monoisotopic (exact) mass is 296 g/mol. The fraction of sp³-hybridized carbons (Fsp3) is 0.944. The highest BCUT2D eigenvalue weighted by atomic mass is 16.2. The number of hydrogen-bond acceptors (Lipinski definition) is 2. The topological polar surface area (TPSA) is 32.3 Å². The molecule has 1 N–H and O–H groups in total. The largest absolute Gasteiger partial charge is 0.342 e. The second-order valence-corrected chi connectivity index (χ2v) is 6.64. The smallest absolute Gasteiger partial charge is 0.222 e. The summed E-state index contributed by atoms with van der Waals surface area (Å²) < 4.78 is 0. The molecule has 0 radical (unpaired) electrons. The van der Waals surface area contributed by atoms with Crippen LogP contribution in [0, 0.1) is 5.92 Å². The first kappa shape index (κ1) is 18.5. The number of amides is 1. The maximum Gasteiger partial charge on any atom is 0.222 e. The van der Waals surface area contributed by atoms with Crippen molar-refractivity contribution in [1.82, 2.24) is 10.2 Å². The Morgan fingerprint density at radius 1 is 1.10 bits per heavy atom. The first-order chi connectivity index (χ1) is 10.2. The summed E-state index contributed by atoms with van der Waals surface area (Å²) in [7, 11) is 0. The fourth-order valence-electron chi connectivity index (χ4n) is 3.33. The summed E-state index contributed by atoms with van der Waals surface area (Å²) in [6.07, 6.45) is 10.8. The van der Waals surface area contributed by atoms with E-state index in [-0.39, 0.29) is 0 Å². The first-order valence-corrected chi connectivity index (χ1v) is 9.20. The SMILES string of the molecule is CCCCCCCCCC(=O)N1CCC(NCC)C(C)C1. The van der Waals surface area contributed by atoms with E-state index in [0.717, 1.165) is 38.9 Å². The third kappa shape index (κ3) is 7.30. The molecule has 0 bridgehead atoms. The number of hydrogen-bond donors (Lipinski definition) is 1. The Labute approximate surface area is 131 Å². The quantitative estimate of drug-likeness (QED) is 0.619. The molecule has 1 aliphatic heterocycles. The lowest BCUT2D eigenvalue weighted by atomic mass is 9.93. The van der Waals surface area contributed by atoms with Gasteiger partial charge in [0.05, 0.1) is 0 Å². The van der Waals surface area contributed by atoms with Gasteiger partial charge in [0.2, 0.25) is 5.91 Å². The Kier molecular flexibility index (Phi) is 9.73. The molecule has 1 rings (SSSR count). The molecule has 0 saturated carbocycles. The predicted octanol–water partition coefficient (Wildman–Crippen LogP) is 3.97. The van der Waals surface area contributed by atoms with E-state index < -0.39 is 0 Å². The highest BCUT2D eigenvalue weighted by Gasteiger charge is 2.27. The minimum atomic E-state index is 0.380. The van der Waals surface area contributed by atoms with Gasteiger partial charge in [-0.2, -0.15) is 0 Å². The van der Waals surface area contributed by atoms with E-state index in [0.29, 0.717) is 17.9 Å². The number of rotatable bonds is 10. The minimum Gasteiger partial charge on any atom is -0.342 e. The molecule has 1 aliphatic rings. The van der Waals surface area contributed by atoms with Crippen LogP contribution in [0.5, 0.6) is 0 Å². The third-order valence-electron chi connectivity index (χ3n) is 4.72. The Morgan fingerprint density at radius 3 is 2.38 bits per heavy atom. The highest BCUT2D eigenvalue weighted by molar-refractivity contribution is 5.76. The van der Waals surface area contributed by atoms with Crippen molar-refractivity contribution in [1.29, 1.82) is 0 Å². The second-order valence-electron chi connectivity index (χ2n) is 6.64. The van der Waals surface area contributed by atoms with Crippen molar-refractivity contribution in [2.45, 2.75) is 84.6 Å². The Morgan fingerprint density at radius 2 is 1.76 bits per heavy atom. The van der Waals surface area contributed by atoms with Crippen LogP contribution in [0.25, 0.3) is 0 Å². The van der Waals surface area contributed by atoms with Gasteiger partial charge in [-0.1, -0.05) is 59.3 Å². The van der Waals surface area contributed by atoms with Gasteiger partial charge in [-0.3, -0.25) is 4.79 Å². The van der Waals surface area contributed by atoms with Gasteiger partial charge in [-0.05, 0) is 25.3 Å². The molecule has 2 atom stereocenters. The number of likely N-dealkylation sites (tertiary alicyclic amines) is 1. The van der Waals surface area contributed by atoms with Crippen molar-refractivity contribution in [3.05, 3.63) is 0 Å². The van der Waals surface area contributed by atoms with E-state index in [1.165, 1.54) is 38.5 Å². The van der Waals surface area contributed by atoms with E-state index in [2.05, 4.69) is 31.0 Å². The molecule has 0 aromatic carbocycles. The molecule has 0 aliphatic carbocycles. The van der Waals surface area contributed by atoms with Crippen LogP contribution in [-0.4, -0.2) is 36.5 Å². The van der Waals surface area contributed by atoms with E-state index in [4.69, 9.17) is 0 Å². The molecular formula is C18H36N2O. The number of unbranched alkanes of at least 4 members (excludes halogenated alkanes) is 6. The van der Waals surface area contributed by atoms with E-state index >= 15 is 0 Å². The number of carbonyl (C=O) groups is 1. The normalized spacial score (nSPS) is 22.5. The maximum absolute atomic E-state index is 12.2. The highest BCUT2D eigenvalue weighted by Crippen LogP contribution is 2.18. The van der Waals surface area contributed by atoms with Crippen molar-refractivity contribution in [3.63, 3.8) is 0 Å². The molecule has 124 valence electrons. The number of carbonyl (C=O) groups excluding carboxylic acids is 1. The molecule has 1 amide bonds. The van der Waals surface area contributed by atoms with Crippen molar-refractivity contribution < 1.29 is 4.79 Å². The zero-order valence-corrected chi connectivity index (χ0v) is 14.5. The second kappa shape index (κ2) is 11.1. The van der Waals surface area contributed by atoms with Gasteiger partial charge in [-0.15, -0.1) is 0 Å². The molecule has 1 heterocycles. The predicted molar refractivity (Wildman–Crippen MR) is 90.4 cm³/mol. The van der Waals surface area contributed by atoms with Gasteiger partial charge in [0.1, 0.15) is 0 Å². The number of piperidine rings is 1. The molecule has 3 nitrogen and oxygen atoms in total. The Bertz CT molecular complexity index is 280. The average Bonchev–Trinajstić information content (AvgIpc) is 2.48. The summed E-state index contributed by atoms with van der Waals surface area (Å²) in [6.45, 7) is 9.58. The van der Waals surface area contributed by atoms with Crippen LogP contribution in [-0.2, 0) is 4.79 Å². The summed E-state index contributed by atoms with van der Waals surface area (Å²) in [4.78, 5) is 14.3. The van der Waals surface area contributed by atoms with Crippen LogP contribution in [0.4, 0.5) is 0 Å². The standard InChI is InChI=1S/C18H36N2O/c1-4-6-7-8-9-10-11-12-18(21)20-14-13-17(19-5-2)16(3)15-20/h16-17,19H,4-15H2,1-3H3. The Balaban J connectivity index is 2.10. The maximum atomic E-state index is 12.2. The van der Waals surface area contributed by atoms with E-state index in [1.54, 1.807) is 0 Å². The van der Waals surface area contributed by atoms with Gasteiger partial charge in [0, 0.05) is 25.6 Å². The average molecular weight is 296 g/mol. The zero-order chi connectivity index (χ0) is 15.5. The van der Waals surface area contributed by atoms with Gasteiger partial charge in [0.25, 0.3) is 0 Å². The lowest BCUT2D eigenvalue weighted by Crippen LogP contribution is -2.50. The van der Waals surface area contributed by atoms with Gasteiger partial charge in [0.15, 0.2) is 0 Å². The molecule has 21 heavy (non-hydrogen) atoms. The summed E-state index contributed by atoms with van der Waals surface area (Å²) in [5, 5.41) is 3.53. The summed E-state index contributed by atoms with van der Waals surface area (Å²) >= 11 is 0. The van der Waals surface area contributed by atoms with Gasteiger partial charge >= 0.3 is 0 Å². The van der Waals surface area contributed by atoms with Crippen LogP contribution in [0.1, 0.15) is 78.6 Å². The minimum absolute atomic E-state index is 0.380. The van der Waals surface area contributed by atoms with Crippen molar-refractivity contribution >= 4 is 5.91 Å². The van der Waals surface area contributed by atoms with E-state index in [9.17, 15) is 4.79 Å². The van der Waals surface area contributed by atoms with Crippen molar-refractivity contribution in [3.8, 4) is 0 Å². The molecular weight excluding hydrogens is 260 g/mol. The molecule has 0 spiro atoms. The zero-order valence-electron chi connectivity index (χ0n) is 14.5. The summed E-state index contributed by atoms with van der Waals surface area (Å²) in [5.41, 5.74) is 0. The molecule has 1 fully saturated rings. The van der Waals surface area contributed by atoms with Crippen molar-refractivity contribution in [2.75, 3.05) is 19.6 Å². The van der Waals surface area contributed by atoms with E-state index in [1.807, 2.05) is 0 Å². The lowest BCUT2D eigenvalue weighted by Gasteiger charge is -2.37. The number of nitrogens with one attached hydrogen (secondary N) is 1. The third-order valence-corrected chi connectivity index (χ3v) is 4.72. The van der Waals surface area contributed by atoms with Crippen LogP contribution < -0.4 is 5.32 Å². The first-order valence-electron chi connectivity index (χ1n) is 9.20. The molecule has 2 unspecified atom stereocenters. The molecule has 3 heteroatoms. The molecule has 1 saturated heterocycles. The fourth-order valence-corrected chi connectivity index (χ4v) is 3.33. The summed E-state index contributed by atoms with van der Waals surface area (Å²) in [6, 6.07) is 0.595. The van der Waals surface area contributed by atoms with Crippen molar-refractivity contribution in [2.24, 2.45) is 5.92 Å². The summed E-state index contributed by atoms with van der Waals surface area (Å²) in [5.74, 6) is 0.960. The van der Waals surface area contributed by atoms with Gasteiger partial charge < -0.3 is 10.2 Å². The van der Waals surface area contributed by atoms with Crippen LogP contribution in [0.3, 0.4) is 0 Å². The Hall–Kier alpha value is -0.570. The van der Waals surface area contributed by atoms with Gasteiger partial charge in [-0.25, -0.2) is 0 Å².